The molecule has 0 aliphatic carbocycles. The minimum atomic E-state index is 0.740. The van der Waals surface area contributed by atoms with Gasteiger partial charge >= 0.3 is 0 Å². The molecule has 2 heterocycles. The van der Waals surface area contributed by atoms with E-state index >= 15 is 0 Å². The Balaban J connectivity index is 2.10. The molecule has 0 aromatic rings. The molecule has 0 N–H and O–H groups in total. The number of fused-ring (bicyclic) bond motifs is 2. The van der Waals surface area contributed by atoms with Gasteiger partial charge in [0.1, 0.15) is 0 Å². The molecule has 0 aromatic carbocycles. The average Bonchev–Trinajstić information content (AvgIpc) is 2.19. The Morgan fingerprint density at radius 3 is 2.22 bits per heavy atom. The largest absolute Gasteiger partial charge is 0.378 e. The standard InChI is InChI=1S/C7H13NO/c1-8-6-2-3-7(8)5-9-4-6/h6-7H,2-5H2,1H3/t6-,7?/m1/s1. The van der Waals surface area contributed by atoms with E-state index in [0.717, 1.165) is 25.3 Å². The van der Waals surface area contributed by atoms with E-state index in [1.165, 1.54) is 12.8 Å². The van der Waals surface area contributed by atoms with Crippen LogP contribution in [0.1, 0.15) is 12.8 Å². The maximum Gasteiger partial charge on any atom is 0.0622 e. The highest BCUT2D eigenvalue weighted by Crippen LogP contribution is 2.26. The van der Waals surface area contributed by atoms with Crippen LogP contribution in [0.15, 0.2) is 0 Å². The van der Waals surface area contributed by atoms with Crippen LogP contribution in [0.3, 0.4) is 0 Å². The first-order valence-corrected chi connectivity index (χ1v) is 3.67. The molecule has 52 valence electrons. The number of likely N-dealkylation sites (N-methyl/N-ethyl adjacent to an activating group) is 1. The lowest BCUT2D eigenvalue weighted by Gasteiger charge is -2.30. The summed E-state index contributed by atoms with van der Waals surface area (Å²) in [7, 11) is 2.21. The van der Waals surface area contributed by atoms with E-state index in [-0.39, 0.29) is 0 Å². The van der Waals surface area contributed by atoms with Crippen LogP contribution in [-0.2, 0) is 4.74 Å². The van der Waals surface area contributed by atoms with E-state index in [0.29, 0.717) is 0 Å². The van der Waals surface area contributed by atoms with Gasteiger partial charge in [0.2, 0.25) is 0 Å². The van der Waals surface area contributed by atoms with Gasteiger partial charge in [-0.25, -0.2) is 0 Å². The van der Waals surface area contributed by atoms with Gasteiger partial charge in [0, 0.05) is 12.1 Å². The van der Waals surface area contributed by atoms with Crippen LogP contribution in [0.25, 0.3) is 0 Å². The SMILES string of the molecule is CN1C2CC[C@@H]1COC2. The molecule has 2 fully saturated rings. The van der Waals surface area contributed by atoms with Gasteiger partial charge in [0.25, 0.3) is 0 Å². The van der Waals surface area contributed by atoms with Crippen molar-refractivity contribution in [2.45, 2.75) is 24.9 Å². The summed E-state index contributed by atoms with van der Waals surface area (Å²) in [6, 6.07) is 1.48. The molecule has 2 bridgehead atoms. The molecule has 2 heteroatoms. The summed E-state index contributed by atoms with van der Waals surface area (Å²) in [4.78, 5) is 2.46. The highest BCUT2D eigenvalue weighted by Gasteiger charge is 2.33. The minimum Gasteiger partial charge on any atom is -0.378 e. The Hall–Kier alpha value is -0.0800. The van der Waals surface area contributed by atoms with E-state index < -0.39 is 0 Å². The van der Waals surface area contributed by atoms with Gasteiger partial charge in [0.05, 0.1) is 13.2 Å². The average molecular weight is 127 g/mol. The van der Waals surface area contributed by atoms with E-state index in [1.807, 2.05) is 0 Å². The van der Waals surface area contributed by atoms with Crippen LogP contribution in [0, 0.1) is 0 Å². The zero-order chi connectivity index (χ0) is 6.27. The summed E-state index contributed by atoms with van der Waals surface area (Å²) in [6.45, 7) is 1.93. The summed E-state index contributed by atoms with van der Waals surface area (Å²) in [5.41, 5.74) is 0. The lowest BCUT2D eigenvalue weighted by Crippen LogP contribution is -2.42. The molecule has 0 amide bonds. The van der Waals surface area contributed by atoms with Gasteiger partial charge in [-0.2, -0.15) is 0 Å². The van der Waals surface area contributed by atoms with E-state index in [4.69, 9.17) is 4.74 Å². The van der Waals surface area contributed by atoms with Crippen molar-refractivity contribution in [3.05, 3.63) is 0 Å². The van der Waals surface area contributed by atoms with Gasteiger partial charge < -0.3 is 4.74 Å². The van der Waals surface area contributed by atoms with Crippen LogP contribution >= 0.6 is 0 Å². The monoisotopic (exact) mass is 127 g/mol. The smallest absolute Gasteiger partial charge is 0.0622 e. The first-order valence-electron chi connectivity index (χ1n) is 3.67. The second-order valence-corrected chi connectivity index (χ2v) is 3.09. The first kappa shape index (κ1) is 5.69. The molecule has 9 heavy (non-hydrogen) atoms. The fourth-order valence-electron chi connectivity index (χ4n) is 1.83. The number of ether oxygens (including phenoxy) is 1. The van der Waals surface area contributed by atoms with Gasteiger partial charge in [-0.3, -0.25) is 4.90 Å². The highest BCUT2D eigenvalue weighted by molar-refractivity contribution is 4.88. The number of hydrogen-bond donors (Lipinski definition) is 0. The molecule has 2 saturated heterocycles. The lowest BCUT2D eigenvalue weighted by molar-refractivity contribution is -0.000705. The Labute approximate surface area is 55.8 Å². The summed E-state index contributed by atoms with van der Waals surface area (Å²) in [5, 5.41) is 0. The topological polar surface area (TPSA) is 12.5 Å². The number of hydrogen-bond acceptors (Lipinski definition) is 2. The molecular formula is C7H13NO. The summed E-state index contributed by atoms with van der Waals surface area (Å²) in [5.74, 6) is 0. The molecule has 0 radical (unpaired) electrons. The molecular weight excluding hydrogens is 114 g/mol. The predicted octanol–water partition coefficient (Wildman–Crippen LogP) is 0.479. The summed E-state index contributed by atoms with van der Waals surface area (Å²) < 4.78 is 5.39. The fraction of sp³-hybridized carbons (Fsp3) is 1.00. The molecule has 2 aliphatic rings. The fourth-order valence-corrected chi connectivity index (χ4v) is 1.83. The Kier molecular flexibility index (Phi) is 1.24. The Bertz CT molecular complexity index is 99.5. The molecule has 2 nitrogen and oxygen atoms in total. The van der Waals surface area contributed by atoms with Crippen molar-refractivity contribution in [3.8, 4) is 0 Å². The number of morpholine rings is 1. The number of nitrogens with zero attached hydrogens (tertiary/aromatic N) is 1. The van der Waals surface area contributed by atoms with Crippen molar-refractivity contribution in [3.63, 3.8) is 0 Å². The summed E-state index contributed by atoms with van der Waals surface area (Å²) in [6.07, 6.45) is 2.70. The van der Waals surface area contributed by atoms with Gasteiger partial charge in [0.15, 0.2) is 0 Å². The van der Waals surface area contributed by atoms with E-state index in [9.17, 15) is 0 Å². The van der Waals surface area contributed by atoms with Crippen LogP contribution in [0.4, 0.5) is 0 Å². The van der Waals surface area contributed by atoms with E-state index in [2.05, 4.69) is 11.9 Å². The lowest BCUT2D eigenvalue weighted by atomic mass is 10.2. The van der Waals surface area contributed by atoms with Crippen molar-refractivity contribution in [1.82, 2.24) is 4.90 Å². The quantitative estimate of drug-likeness (QED) is 0.469. The highest BCUT2D eigenvalue weighted by atomic mass is 16.5. The van der Waals surface area contributed by atoms with Crippen molar-refractivity contribution in [2.75, 3.05) is 20.3 Å². The van der Waals surface area contributed by atoms with Crippen LogP contribution < -0.4 is 0 Å². The van der Waals surface area contributed by atoms with Crippen molar-refractivity contribution in [2.24, 2.45) is 0 Å². The Morgan fingerprint density at radius 2 is 1.78 bits per heavy atom. The second-order valence-electron chi connectivity index (χ2n) is 3.09. The van der Waals surface area contributed by atoms with Crippen molar-refractivity contribution in [1.29, 1.82) is 0 Å². The van der Waals surface area contributed by atoms with Gasteiger partial charge in [-0.1, -0.05) is 0 Å². The van der Waals surface area contributed by atoms with Crippen molar-refractivity contribution < 1.29 is 4.74 Å². The second kappa shape index (κ2) is 1.96. The molecule has 0 spiro atoms. The number of rotatable bonds is 0. The molecule has 2 rings (SSSR count). The molecule has 0 saturated carbocycles. The minimum absolute atomic E-state index is 0.740. The van der Waals surface area contributed by atoms with Crippen LogP contribution in [0.2, 0.25) is 0 Å². The summed E-state index contributed by atoms with van der Waals surface area (Å²) >= 11 is 0. The zero-order valence-electron chi connectivity index (χ0n) is 5.84. The predicted molar refractivity (Wildman–Crippen MR) is 35.4 cm³/mol. The molecule has 1 unspecified atom stereocenters. The van der Waals surface area contributed by atoms with Gasteiger partial charge in [-0.05, 0) is 19.9 Å². The first-order chi connectivity index (χ1) is 4.38. The maximum atomic E-state index is 5.39. The zero-order valence-corrected chi connectivity index (χ0v) is 5.84. The maximum absolute atomic E-state index is 5.39. The molecule has 0 aromatic heterocycles. The third-order valence-corrected chi connectivity index (χ3v) is 2.61. The molecule has 2 aliphatic heterocycles. The van der Waals surface area contributed by atoms with Crippen LogP contribution in [-0.4, -0.2) is 37.2 Å². The normalized spacial score (nSPS) is 43.7. The third kappa shape index (κ3) is 0.775. The third-order valence-electron chi connectivity index (χ3n) is 2.61. The van der Waals surface area contributed by atoms with Crippen LogP contribution in [0.5, 0.6) is 0 Å². The Morgan fingerprint density at radius 1 is 1.22 bits per heavy atom. The van der Waals surface area contributed by atoms with Crippen molar-refractivity contribution >= 4 is 0 Å². The molecule has 2 atom stereocenters. The van der Waals surface area contributed by atoms with Gasteiger partial charge in [-0.15, -0.1) is 0 Å². The van der Waals surface area contributed by atoms with E-state index in [1.54, 1.807) is 0 Å².